The Labute approximate surface area is 95.8 Å². The maximum atomic E-state index is 6.13. The Morgan fingerprint density at radius 3 is 2.00 bits per heavy atom. The third-order valence-electron chi connectivity index (χ3n) is 3.15. The molecular formula is C11H21IO. The standard InChI is InChI=1S/C11H21IO/c1-9(2)11(13-10(3)12)7-5-4-6-8-11/h9-10H,4-8H2,1-3H3/t10-/m1/s1. The summed E-state index contributed by atoms with van der Waals surface area (Å²) in [5.74, 6) is 0.657. The lowest BCUT2D eigenvalue weighted by molar-refractivity contribution is -0.103. The normalized spacial score (nSPS) is 24.7. The Morgan fingerprint density at radius 2 is 1.62 bits per heavy atom. The lowest BCUT2D eigenvalue weighted by Gasteiger charge is -2.41. The van der Waals surface area contributed by atoms with Gasteiger partial charge in [0.05, 0.1) is 5.60 Å². The number of hydrogen-bond donors (Lipinski definition) is 0. The highest BCUT2D eigenvalue weighted by atomic mass is 127. The van der Waals surface area contributed by atoms with Gasteiger partial charge in [-0.15, -0.1) is 0 Å². The van der Waals surface area contributed by atoms with E-state index in [4.69, 9.17) is 4.74 Å². The molecule has 0 radical (unpaired) electrons. The van der Waals surface area contributed by atoms with Gasteiger partial charge in [-0.05, 0) is 25.7 Å². The topological polar surface area (TPSA) is 9.23 Å². The summed E-state index contributed by atoms with van der Waals surface area (Å²) in [4.78, 5) is 0. The molecular weight excluding hydrogens is 275 g/mol. The van der Waals surface area contributed by atoms with Crippen LogP contribution in [0.4, 0.5) is 0 Å². The molecule has 1 fully saturated rings. The van der Waals surface area contributed by atoms with E-state index in [9.17, 15) is 0 Å². The monoisotopic (exact) mass is 296 g/mol. The van der Waals surface area contributed by atoms with Crippen molar-refractivity contribution in [3.63, 3.8) is 0 Å². The molecule has 0 saturated heterocycles. The minimum Gasteiger partial charge on any atom is -0.361 e. The summed E-state index contributed by atoms with van der Waals surface area (Å²) in [5.41, 5.74) is 0.193. The van der Waals surface area contributed by atoms with Gasteiger partial charge < -0.3 is 4.74 Å². The Morgan fingerprint density at radius 1 is 1.08 bits per heavy atom. The van der Waals surface area contributed by atoms with E-state index in [1.165, 1.54) is 32.1 Å². The van der Waals surface area contributed by atoms with E-state index in [0.29, 0.717) is 10.0 Å². The summed E-state index contributed by atoms with van der Waals surface area (Å²) in [5, 5.41) is 0. The molecule has 0 unspecified atom stereocenters. The molecule has 0 heterocycles. The molecule has 0 aromatic carbocycles. The molecule has 1 aliphatic rings. The molecule has 1 rings (SSSR count). The smallest absolute Gasteiger partial charge is 0.106 e. The molecule has 13 heavy (non-hydrogen) atoms. The Bertz CT molecular complexity index is 148. The second-order valence-corrected chi connectivity index (χ2v) is 6.20. The molecule has 1 saturated carbocycles. The first kappa shape index (κ1) is 11.8. The zero-order chi connectivity index (χ0) is 9.90. The van der Waals surface area contributed by atoms with Crippen LogP contribution in [0.1, 0.15) is 52.9 Å². The van der Waals surface area contributed by atoms with Crippen LogP contribution >= 0.6 is 22.6 Å². The Hall–Kier alpha value is 0.690. The van der Waals surface area contributed by atoms with Crippen molar-refractivity contribution >= 4 is 22.6 Å². The number of alkyl halides is 1. The summed E-state index contributed by atoms with van der Waals surface area (Å²) in [6.45, 7) is 6.73. The van der Waals surface area contributed by atoms with E-state index < -0.39 is 0 Å². The summed E-state index contributed by atoms with van der Waals surface area (Å²) in [6, 6.07) is 0. The van der Waals surface area contributed by atoms with Crippen LogP contribution in [-0.4, -0.2) is 9.71 Å². The predicted octanol–water partition coefficient (Wildman–Crippen LogP) is 4.14. The fourth-order valence-electron chi connectivity index (χ4n) is 2.30. The van der Waals surface area contributed by atoms with Gasteiger partial charge in [-0.2, -0.15) is 0 Å². The van der Waals surface area contributed by atoms with Crippen molar-refractivity contribution in [2.24, 2.45) is 5.92 Å². The lowest BCUT2D eigenvalue weighted by atomic mass is 9.77. The van der Waals surface area contributed by atoms with E-state index in [-0.39, 0.29) is 5.60 Å². The third-order valence-corrected chi connectivity index (χ3v) is 3.40. The Balaban J connectivity index is 2.61. The van der Waals surface area contributed by atoms with Gasteiger partial charge in [-0.1, -0.05) is 55.7 Å². The van der Waals surface area contributed by atoms with Crippen molar-refractivity contribution in [2.45, 2.75) is 62.6 Å². The van der Waals surface area contributed by atoms with Gasteiger partial charge in [-0.25, -0.2) is 0 Å². The van der Waals surface area contributed by atoms with Gasteiger partial charge in [0.15, 0.2) is 0 Å². The predicted molar refractivity (Wildman–Crippen MR) is 65.2 cm³/mol. The maximum Gasteiger partial charge on any atom is 0.106 e. The minimum absolute atomic E-state index is 0.193. The van der Waals surface area contributed by atoms with Crippen molar-refractivity contribution in [3.8, 4) is 0 Å². The quantitative estimate of drug-likeness (QED) is 0.562. The summed E-state index contributed by atoms with van der Waals surface area (Å²) in [7, 11) is 0. The maximum absolute atomic E-state index is 6.13. The summed E-state index contributed by atoms with van der Waals surface area (Å²) < 4.78 is 6.47. The second kappa shape index (κ2) is 4.96. The van der Waals surface area contributed by atoms with Crippen molar-refractivity contribution in [1.82, 2.24) is 0 Å². The van der Waals surface area contributed by atoms with E-state index in [0.717, 1.165) is 0 Å². The summed E-state index contributed by atoms with van der Waals surface area (Å²) in [6.07, 6.45) is 6.62. The first-order valence-electron chi connectivity index (χ1n) is 5.39. The SMILES string of the molecule is CC(C)C1(O[C@H](C)I)CCCCC1. The number of ether oxygens (including phenoxy) is 1. The fraction of sp³-hybridized carbons (Fsp3) is 1.00. The molecule has 0 aromatic heterocycles. The molecule has 0 amide bonds. The zero-order valence-electron chi connectivity index (χ0n) is 8.98. The molecule has 2 heteroatoms. The van der Waals surface area contributed by atoms with Crippen LogP contribution < -0.4 is 0 Å². The van der Waals surface area contributed by atoms with Gasteiger partial charge >= 0.3 is 0 Å². The number of hydrogen-bond acceptors (Lipinski definition) is 1. The molecule has 1 nitrogen and oxygen atoms in total. The average Bonchev–Trinajstić information content (AvgIpc) is 2.04. The van der Waals surface area contributed by atoms with Crippen LogP contribution in [0.15, 0.2) is 0 Å². The van der Waals surface area contributed by atoms with Crippen LogP contribution in [0.25, 0.3) is 0 Å². The van der Waals surface area contributed by atoms with Crippen molar-refractivity contribution in [2.75, 3.05) is 0 Å². The zero-order valence-corrected chi connectivity index (χ0v) is 11.1. The van der Waals surface area contributed by atoms with E-state index in [1.54, 1.807) is 0 Å². The van der Waals surface area contributed by atoms with Crippen LogP contribution in [0.5, 0.6) is 0 Å². The van der Waals surface area contributed by atoms with Gasteiger partial charge in [0.25, 0.3) is 0 Å². The number of rotatable bonds is 3. The first-order valence-corrected chi connectivity index (χ1v) is 6.63. The van der Waals surface area contributed by atoms with Crippen molar-refractivity contribution in [1.29, 1.82) is 0 Å². The van der Waals surface area contributed by atoms with Crippen molar-refractivity contribution in [3.05, 3.63) is 0 Å². The van der Waals surface area contributed by atoms with Gasteiger partial charge in [0.2, 0.25) is 0 Å². The van der Waals surface area contributed by atoms with Crippen LogP contribution in [0.2, 0.25) is 0 Å². The Kier molecular flexibility index (Phi) is 4.49. The van der Waals surface area contributed by atoms with Crippen LogP contribution in [0.3, 0.4) is 0 Å². The largest absolute Gasteiger partial charge is 0.361 e. The van der Waals surface area contributed by atoms with E-state index in [1.807, 2.05) is 0 Å². The molecule has 1 aliphatic carbocycles. The minimum atomic E-state index is 0.193. The van der Waals surface area contributed by atoms with Crippen molar-refractivity contribution < 1.29 is 4.74 Å². The molecule has 0 bridgehead atoms. The van der Waals surface area contributed by atoms with Gasteiger partial charge in [0.1, 0.15) is 4.11 Å². The molecule has 78 valence electrons. The fourth-order valence-corrected chi connectivity index (χ4v) is 2.81. The molecule has 0 spiro atoms. The van der Waals surface area contributed by atoms with E-state index in [2.05, 4.69) is 43.4 Å². The van der Waals surface area contributed by atoms with Crippen LogP contribution in [-0.2, 0) is 4.74 Å². The molecule has 0 N–H and O–H groups in total. The van der Waals surface area contributed by atoms with Crippen LogP contribution in [0, 0.1) is 5.92 Å². The van der Waals surface area contributed by atoms with E-state index >= 15 is 0 Å². The molecule has 0 aliphatic heterocycles. The molecule has 1 atom stereocenters. The lowest BCUT2D eigenvalue weighted by Crippen LogP contribution is -2.41. The average molecular weight is 296 g/mol. The first-order chi connectivity index (χ1) is 6.07. The highest BCUT2D eigenvalue weighted by Crippen LogP contribution is 2.39. The third kappa shape index (κ3) is 3.08. The highest BCUT2D eigenvalue weighted by Gasteiger charge is 2.36. The number of halogens is 1. The highest BCUT2D eigenvalue weighted by molar-refractivity contribution is 14.1. The van der Waals surface area contributed by atoms with Gasteiger partial charge in [0, 0.05) is 0 Å². The second-order valence-electron chi connectivity index (χ2n) is 4.44. The summed E-state index contributed by atoms with van der Waals surface area (Å²) >= 11 is 2.37. The van der Waals surface area contributed by atoms with Gasteiger partial charge in [-0.3, -0.25) is 0 Å². The molecule has 0 aromatic rings.